The Morgan fingerprint density at radius 3 is 2.78 bits per heavy atom. The number of rotatable bonds is 3. The van der Waals surface area contributed by atoms with Gasteiger partial charge in [-0.2, -0.15) is 0 Å². The van der Waals surface area contributed by atoms with Gasteiger partial charge in [0.25, 0.3) is 0 Å². The van der Waals surface area contributed by atoms with Crippen LogP contribution < -0.4 is 0 Å². The van der Waals surface area contributed by atoms with Crippen molar-refractivity contribution in [3.8, 4) is 10.6 Å². The number of thioether (sulfide) groups is 1. The first-order chi connectivity index (χ1) is 8.54. The van der Waals surface area contributed by atoms with Crippen LogP contribution in [0.15, 0.2) is 23.1 Å². The van der Waals surface area contributed by atoms with Crippen LogP contribution >= 0.6 is 23.1 Å². The topological polar surface area (TPSA) is 50.2 Å². The lowest BCUT2D eigenvalue weighted by Gasteiger charge is -2.04. The van der Waals surface area contributed by atoms with Crippen molar-refractivity contribution < 1.29 is 14.3 Å². The Morgan fingerprint density at radius 1 is 1.50 bits per heavy atom. The van der Waals surface area contributed by atoms with Gasteiger partial charge in [0.2, 0.25) is 0 Å². The van der Waals surface area contributed by atoms with E-state index in [-0.39, 0.29) is 10.7 Å². The maximum atomic E-state index is 13.9. The van der Waals surface area contributed by atoms with Gasteiger partial charge in [-0.15, -0.1) is 23.1 Å². The molecule has 0 bridgehead atoms. The fraction of sp³-hybridized carbons (Fsp3) is 0.167. The minimum Gasteiger partial charge on any atom is -0.477 e. The molecule has 0 unspecified atom stereocenters. The van der Waals surface area contributed by atoms with Gasteiger partial charge < -0.3 is 5.11 Å². The van der Waals surface area contributed by atoms with E-state index < -0.39 is 5.97 Å². The molecule has 3 nitrogen and oxygen atoms in total. The van der Waals surface area contributed by atoms with E-state index in [4.69, 9.17) is 5.11 Å². The van der Waals surface area contributed by atoms with Crippen molar-refractivity contribution in [2.24, 2.45) is 0 Å². The predicted octanol–water partition coefficient (Wildman–Crippen LogP) is 3.68. The summed E-state index contributed by atoms with van der Waals surface area (Å²) in [6.07, 6.45) is 1.84. The molecular weight excluding hydrogens is 273 g/mol. The van der Waals surface area contributed by atoms with Crippen molar-refractivity contribution in [2.45, 2.75) is 11.8 Å². The molecule has 2 aromatic rings. The highest BCUT2D eigenvalue weighted by molar-refractivity contribution is 7.98. The Bertz CT molecular complexity index is 610. The monoisotopic (exact) mass is 283 g/mol. The summed E-state index contributed by atoms with van der Waals surface area (Å²) < 4.78 is 13.9. The van der Waals surface area contributed by atoms with Crippen LogP contribution in [0.2, 0.25) is 0 Å². The molecule has 0 aliphatic rings. The Morgan fingerprint density at radius 2 is 2.22 bits per heavy atom. The second-order valence-electron chi connectivity index (χ2n) is 3.56. The maximum Gasteiger partial charge on any atom is 0.347 e. The summed E-state index contributed by atoms with van der Waals surface area (Å²) in [7, 11) is 0. The van der Waals surface area contributed by atoms with Gasteiger partial charge in [-0.3, -0.25) is 0 Å². The molecule has 2 rings (SSSR count). The maximum absolute atomic E-state index is 13.9. The van der Waals surface area contributed by atoms with Crippen molar-refractivity contribution in [1.29, 1.82) is 0 Å². The summed E-state index contributed by atoms with van der Waals surface area (Å²) in [6, 6.07) is 4.77. The van der Waals surface area contributed by atoms with Gasteiger partial charge in [0.15, 0.2) is 0 Å². The van der Waals surface area contributed by atoms with Crippen LogP contribution in [0, 0.1) is 12.7 Å². The van der Waals surface area contributed by atoms with Crippen LogP contribution in [-0.2, 0) is 0 Å². The van der Waals surface area contributed by atoms with Crippen LogP contribution in [0.25, 0.3) is 10.6 Å². The number of nitrogens with zero attached hydrogens (tertiary/aromatic N) is 1. The van der Waals surface area contributed by atoms with E-state index in [1.807, 2.05) is 6.26 Å². The fourth-order valence-corrected chi connectivity index (χ4v) is 3.23. The molecule has 0 spiro atoms. The van der Waals surface area contributed by atoms with Crippen LogP contribution in [0.1, 0.15) is 15.4 Å². The lowest BCUT2D eigenvalue weighted by atomic mass is 10.2. The number of carbonyl (C=O) groups is 1. The van der Waals surface area contributed by atoms with E-state index in [0.29, 0.717) is 16.3 Å². The number of aromatic carboxylic acids is 1. The lowest BCUT2D eigenvalue weighted by Crippen LogP contribution is -1.94. The molecular formula is C12H10FNO2S2. The summed E-state index contributed by atoms with van der Waals surface area (Å²) in [5.41, 5.74) is 0.795. The third-order valence-electron chi connectivity index (χ3n) is 2.40. The molecule has 94 valence electrons. The van der Waals surface area contributed by atoms with E-state index >= 15 is 0 Å². The summed E-state index contributed by atoms with van der Waals surface area (Å²) in [6.45, 7) is 1.61. The fourth-order valence-electron chi connectivity index (χ4n) is 1.58. The minimum atomic E-state index is -1.03. The van der Waals surface area contributed by atoms with Crippen molar-refractivity contribution in [2.75, 3.05) is 6.26 Å². The predicted molar refractivity (Wildman–Crippen MR) is 71.0 cm³/mol. The van der Waals surface area contributed by atoms with Gasteiger partial charge >= 0.3 is 5.97 Å². The molecule has 0 radical (unpaired) electrons. The lowest BCUT2D eigenvalue weighted by molar-refractivity contribution is 0.0701. The van der Waals surface area contributed by atoms with Crippen LogP contribution in [0.4, 0.5) is 4.39 Å². The number of aromatic nitrogens is 1. The first-order valence-corrected chi connectivity index (χ1v) is 7.12. The average Bonchev–Trinajstić information content (AvgIpc) is 2.70. The highest BCUT2D eigenvalue weighted by Gasteiger charge is 2.19. The summed E-state index contributed by atoms with van der Waals surface area (Å²) in [5, 5.41) is 9.40. The molecule has 0 aliphatic carbocycles. The zero-order chi connectivity index (χ0) is 13.3. The Labute approximate surface area is 112 Å². The van der Waals surface area contributed by atoms with Crippen molar-refractivity contribution in [1.82, 2.24) is 4.98 Å². The van der Waals surface area contributed by atoms with E-state index in [1.54, 1.807) is 19.1 Å². The second-order valence-corrected chi connectivity index (χ2v) is 5.40. The molecule has 0 saturated heterocycles. The summed E-state index contributed by atoms with van der Waals surface area (Å²) in [5.74, 6) is -1.41. The molecule has 0 fully saturated rings. The number of benzene rings is 1. The Kier molecular flexibility index (Phi) is 3.68. The molecule has 1 heterocycles. The van der Waals surface area contributed by atoms with Gasteiger partial charge in [0.1, 0.15) is 15.7 Å². The largest absolute Gasteiger partial charge is 0.477 e. The van der Waals surface area contributed by atoms with E-state index in [9.17, 15) is 9.18 Å². The van der Waals surface area contributed by atoms with Crippen molar-refractivity contribution >= 4 is 29.1 Å². The molecule has 0 amide bonds. The van der Waals surface area contributed by atoms with Crippen LogP contribution in [0.3, 0.4) is 0 Å². The molecule has 0 atom stereocenters. The molecule has 6 heteroatoms. The quantitative estimate of drug-likeness (QED) is 0.873. The number of thiazole rings is 1. The first kappa shape index (κ1) is 13.0. The third kappa shape index (κ3) is 2.26. The number of hydrogen-bond acceptors (Lipinski definition) is 4. The van der Waals surface area contributed by atoms with E-state index in [0.717, 1.165) is 16.2 Å². The zero-order valence-electron chi connectivity index (χ0n) is 9.73. The number of carboxylic acids is 1. The number of carboxylic acid groups (broad SMARTS) is 1. The molecule has 1 aromatic heterocycles. The molecule has 0 saturated carbocycles. The first-order valence-electron chi connectivity index (χ1n) is 5.08. The minimum absolute atomic E-state index is 0.153. The summed E-state index contributed by atoms with van der Waals surface area (Å²) >= 11 is 2.41. The standard InChI is InChI=1S/C12H10FNO2S2/c1-6-10(12(15)16)18-11(14-6)9-7(13)4-3-5-8(9)17-2/h3-5H,1-2H3,(H,15,16). The highest BCUT2D eigenvalue weighted by atomic mass is 32.2. The van der Waals surface area contributed by atoms with Crippen molar-refractivity contribution in [3.05, 3.63) is 34.6 Å². The molecule has 0 aliphatic heterocycles. The van der Waals surface area contributed by atoms with E-state index in [1.165, 1.54) is 17.8 Å². The number of aryl methyl sites for hydroxylation is 1. The van der Waals surface area contributed by atoms with Gasteiger partial charge in [-0.25, -0.2) is 14.2 Å². The smallest absolute Gasteiger partial charge is 0.347 e. The van der Waals surface area contributed by atoms with Crippen molar-refractivity contribution in [3.63, 3.8) is 0 Å². The van der Waals surface area contributed by atoms with E-state index in [2.05, 4.69) is 4.98 Å². The summed E-state index contributed by atoms with van der Waals surface area (Å²) in [4.78, 5) is 16.0. The SMILES string of the molecule is CSc1cccc(F)c1-c1nc(C)c(C(=O)O)s1. The number of hydrogen-bond donors (Lipinski definition) is 1. The normalized spacial score (nSPS) is 10.6. The van der Waals surface area contributed by atoms with Crippen LogP contribution in [0.5, 0.6) is 0 Å². The van der Waals surface area contributed by atoms with Crippen LogP contribution in [-0.4, -0.2) is 22.3 Å². The number of halogens is 1. The highest BCUT2D eigenvalue weighted by Crippen LogP contribution is 2.36. The molecule has 1 aromatic carbocycles. The zero-order valence-corrected chi connectivity index (χ0v) is 11.4. The molecule has 1 N–H and O–H groups in total. The van der Waals surface area contributed by atoms with Gasteiger partial charge in [-0.1, -0.05) is 6.07 Å². The van der Waals surface area contributed by atoms with Gasteiger partial charge in [0.05, 0.1) is 11.3 Å². The Hall–Kier alpha value is -1.40. The Balaban J connectivity index is 2.62. The average molecular weight is 283 g/mol. The van der Waals surface area contributed by atoms with Gasteiger partial charge in [0, 0.05) is 4.90 Å². The second kappa shape index (κ2) is 5.07. The third-order valence-corrected chi connectivity index (χ3v) is 4.34. The molecule has 18 heavy (non-hydrogen) atoms. The van der Waals surface area contributed by atoms with Gasteiger partial charge in [-0.05, 0) is 25.3 Å².